The van der Waals surface area contributed by atoms with Crippen molar-refractivity contribution in [3.8, 4) is 11.5 Å². The van der Waals surface area contributed by atoms with Gasteiger partial charge in [0.1, 0.15) is 0 Å². The van der Waals surface area contributed by atoms with Gasteiger partial charge in [-0.3, -0.25) is 9.59 Å². The number of nitrogens with one attached hydrogen (secondary N) is 1. The van der Waals surface area contributed by atoms with Crippen molar-refractivity contribution in [1.29, 1.82) is 0 Å². The summed E-state index contributed by atoms with van der Waals surface area (Å²) < 4.78 is 10.5. The first-order valence-electron chi connectivity index (χ1n) is 8.72. The molecule has 1 saturated heterocycles. The third-order valence-electron chi connectivity index (χ3n) is 5.68. The number of nitrogens with zero attached hydrogens (tertiary/aromatic N) is 1. The van der Waals surface area contributed by atoms with Crippen LogP contribution in [0.5, 0.6) is 11.5 Å². The van der Waals surface area contributed by atoms with Gasteiger partial charge in [0.2, 0.25) is 12.7 Å². The first kappa shape index (κ1) is 16.2. The minimum atomic E-state index is -0.678. The number of carbonyl (C=O) groups is 2. The number of carboxylic acids is 1. The zero-order valence-electron chi connectivity index (χ0n) is 14.0. The Hall–Kier alpha value is -2.28. The van der Waals surface area contributed by atoms with Crippen LogP contribution in [0.1, 0.15) is 25.7 Å². The first-order valence-corrected chi connectivity index (χ1v) is 8.72. The number of carbonyl (C=O) groups excluding carboxylic acids is 1. The topological polar surface area (TPSA) is 88.1 Å². The van der Waals surface area contributed by atoms with Gasteiger partial charge in [0, 0.05) is 37.8 Å². The lowest BCUT2D eigenvalue weighted by atomic mass is 9.81. The summed E-state index contributed by atoms with van der Waals surface area (Å²) in [5.74, 6) is 0.777. The Morgan fingerprint density at radius 3 is 2.96 bits per heavy atom. The van der Waals surface area contributed by atoms with E-state index in [0.717, 1.165) is 25.8 Å². The molecule has 3 aliphatic rings. The summed E-state index contributed by atoms with van der Waals surface area (Å²) in [5, 5.41) is 12.5. The molecule has 7 heteroatoms. The average molecular weight is 346 g/mol. The molecule has 1 amide bonds. The van der Waals surface area contributed by atoms with Crippen molar-refractivity contribution in [2.24, 2.45) is 11.3 Å². The van der Waals surface area contributed by atoms with Gasteiger partial charge < -0.3 is 24.8 Å². The fourth-order valence-electron chi connectivity index (χ4n) is 4.37. The number of hydrogen-bond donors (Lipinski definition) is 2. The smallest absolute Gasteiger partial charge is 0.311 e. The largest absolute Gasteiger partial charge is 0.481 e. The summed E-state index contributed by atoms with van der Waals surface area (Å²) in [7, 11) is 0. The van der Waals surface area contributed by atoms with E-state index in [1.165, 1.54) is 0 Å². The first-order chi connectivity index (χ1) is 12.1. The van der Waals surface area contributed by atoms with Gasteiger partial charge in [0.15, 0.2) is 11.5 Å². The number of rotatable bonds is 5. The molecular weight excluding hydrogens is 324 g/mol. The van der Waals surface area contributed by atoms with Crippen molar-refractivity contribution < 1.29 is 24.2 Å². The van der Waals surface area contributed by atoms with Crippen LogP contribution in [-0.4, -0.2) is 48.3 Å². The molecule has 0 aromatic heterocycles. The highest BCUT2D eigenvalue weighted by molar-refractivity contribution is 5.91. The van der Waals surface area contributed by atoms with E-state index in [-0.39, 0.29) is 18.6 Å². The molecule has 0 bridgehead atoms. The SMILES string of the molecule is O=C(CCN1C[C@@H]2CCC[C@@]2(C(=O)O)C1)Nc1ccc2c(c1)OCO2. The molecule has 2 atom stereocenters. The predicted octanol–water partition coefficient (Wildman–Crippen LogP) is 1.93. The van der Waals surface area contributed by atoms with Crippen LogP contribution in [0.4, 0.5) is 5.69 Å². The molecule has 1 saturated carbocycles. The molecule has 1 aromatic rings. The minimum Gasteiger partial charge on any atom is -0.481 e. The van der Waals surface area contributed by atoms with E-state index in [0.29, 0.717) is 36.7 Å². The molecule has 2 heterocycles. The van der Waals surface area contributed by atoms with E-state index in [4.69, 9.17) is 9.47 Å². The van der Waals surface area contributed by atoms with Crippen LogP contribution < -0.4 is 14.8 Å². The summed E-state index contributed by atoms with van der Waals surface area (Å²) in [6, 6.07) is 5.31. The number of anilines is 1. The normalized spacial score (nSPS) is 27.3. The van der Waals surface area contributed by atoms with Crippen molar-refractivity contribution in [2.75, 3.05) is 31.7 Å². The van der Waals surface area contributed by atoms with E-state index < -0.39 is 11.4 Å². The Bertz CT molecular complexity index is 707. The standard InChI is InChI=1S/C18H22N2O5/c21-16(19-13-3-4-14-15(8-13)25-11-24-14)5-7-20-9-12-2-1-6-18(12,10-20)17(22)23/h3-4,8,12H,1-2,5-7,9-11H2,(H,19,21)(H,22,23)/t12-,18+/m0/s1. The lowest BCUT2D eigenvalue weighted by Crippen LogP contribution is -2.36. The lowest BCUT2D eigenvalue weighted by Gasteiger charge is -2.23. The molecule has 0 spiro atoms. The predicted molar refractivity (Wildman–Crippen MR) is 89.7 cm³/mol. The second kappa shape index (κ2) is 6.22. The van der Waals surface area contributed by atoms with Crippen molar-refractivity contribution in [1.82, 2.24) is 4.90 Å². The van der Waals surface area contributed by atoms with Gasteiger partial charge in [0.25, 0.3) is 0 Å². The third-order valence-corrected chi connectivity index (χ3v) is 5.68. The molecule has 134 valence electrons. The van der Waals surface area contributed by atoms with Crippen LogP contribution in [0.3, 0.4) is 0 Å². The quantitative estimate of drug-likeness (QED) is 0.847. The number of amides is 1. The minimum absolute atomic E-state index is 0.0831. The Morgan fingerprint density at radius 1 is 1.32 bits per heavy atom. The van der Waals surface area contributed by atoms with E-state index >= 15 is 0 Å². The summed E-state index contributed by atoms with van der Waals surface area (Å²) in [4.78, 5) is 26.0. The van der Waals surface area contributed by atoms with Gasteiger partial charge in [0.05, 0.1) is 5.41 Å². The number of fused-ring (bicyclic) bond motifs is 2. The molecule has 2 N–H and O–H groups in total. The fourth-order valence-corrected chi connectivity index (χ4v) is 4.37. The third kappa shape index (κ3) is 2.93. The molecular formula is C18H22N2O5. The summed E-state index contributed by atoms with van der Waals surface area (Å²) in [6.07, 6.45) is 3.07. The summed E-state index contributed by atoms with van der Waals surface area (Å²) in [5.41, 5.74) is 0.0860. The summed E-state index contributed by atoms with van der Waals surface area (Å²) in [6.45, 7) is 2.13. The monoisotopic (exact) mass is 346 g/mol. The zero-order valence-corrected chi connectivity index (χ0v) is 14.0. The maximum absolute atomic E-state index is 12.2. The van der Waals surface area contributed by atoms with Crippen molar-refractivity contribution in [3.63, 3.8) is 0 Å². The molecule has 1 aromatic carbocycles. The second-order valence-electron chi connectivity index (χ2n) is 7.15. The molecule has 0 unspecified atom stereocenters. The number of carboxylic acid groups (broad SMARTS) is 1. The maximum Gasteiger partial charge on any atom is 0.311 e. The molecule has 2 fully saturated rings. The second-order valence-corrected chi connectivity index (χ2v) is 7.15. The van der Waals surface area contributed by atoms with Crippen LogP contribution in [-0.2, 0) is 9.59 Å². The van der Waals surface area contributed by atoms with Gasteiger partial charge in [-0.05, 0) is 30.9 Å². The Labute approximate surface area is 145 Å². The number of likely N-dealkylation sites (tertiary alicyclic amines) is 1. The van der Waals surface area contributed by atoms with Gasteiger partial charge in [-0.15, -0.1) is 0 Å². The lowest BCUT2D eigenvalue weighted by molar-refractivity contribution is -0.149. The van der Waals surface area contributed by atoms with Gasteiger partial charge in [-0.2, -0.15) is 0 Å². The fraction of sp³-hybridized carbons (Fsp3) is 0.556. The summed E-state index contributed by atoms with van der Waals surface area (Å²) >= 11 is 0. The van der Waals surface area contributed by atoms with E-state index in [1.807, 2.05) is 0 Å². The van der Waals surface area contributed by atoms with Crippen LogP contribution in [0.15, 0.2) is 18.2 Å². The van der Waals surface area contributed by atoms with Crippen LogP contribution in [0, 0.1) is 11.3 Å². The van der Waals surface area contributed by atoms with Crippen molar-refractivity contribution in [2.45, 2.75) is 25.7 Å². The van der Waals surface area contributed by atoms with Crippen molar-refractivity contribution >= 4 is 17.6 Å². The molecule has 7 nitrogen and oxygen atoms in total. The van der Waals surface area contributed by atoms with E-state index in [9.17, 15) is 14.7 Å². The highest BCUT2D eigenvalue weighted by atomic mass is 16.7. The highest BCUT2D eigenvalue weighted by Gasteiger charge is 2.54. The van der Waals surface area contributed by atoms with Crippen molar-refractivity contribution in [3.05, 3.63) is 18.2 Å². The number of aliphatic carboxylic acids is 1. The van der Waals surface area contributed by atoms with E-state index in [2.05, 4.69) is 10.2 Å². The van der Waals surface area contributed by atoms with Crippen LogP contribution in [0.2, 0.25) is 0 Å². The molecule has 0 radical (unpaired) electrons. The van der Waals surface area contributed by atoms with E-state index in [1.54, 1.807) is 18.2 Å². The van der Waals surface area contributed by atoms with Gasteiger partial charge in [-0.25, -0.2) is 0 Å². The maximum atomic E-state index is 12.2. The number of benzene rings is 1. The Balaban J connectivity index is 1.30. The van der Waals surface area contributed by atoms with Crippen LogP contribution >= 0.6 is 0 Å². The Kier molecular flexibility index (Phi) is 4.03. The number of ether oxygens (including phenoxy) is 2. The number of hydrogen-bond acceptors (Lipinski definition) is 5. The molecule has 2 aliphatic heterocycles. The highest BCUT2D eigenvalue weighted by Crippen LogP contribution is 2.48. The van der Waals surface area contributed by atoms with Gasteiger partial charge in [-0.1, -0.05) is 6.42 Å². The zero-order chi connectivity index (χ0) is 17.4. The molecule has 1 aliphatic carbocycles. The van der Waals surface area contributed by atoms with Gasteiger partial charge >= 0.3 is 5.97 Å². The molecule has 4 rings (SSSR count). The van der Waals surface area contributed by atoms with Crippen LogP contribution in [0.25, 0.3) is 0 Å². The average Bonchev–Trinajstić information content (AvgIpc) is 3.26. The molecule has 25 heavy (non-hydrogen) atoms. The Morgan fingerprint density at radius 2 is 2.16 bits per heavy atom.